The second-order valence-corrected chi connectivity index (χ2v) is 11.2. The zero-order valence-corrected chi connectivity index (χ0v) is 19.7. The number of nitrogens with one attached hydrogen (secondary N) is 1. The number of fused-ring (bicyclic) bond motifs is 3. The standard InChI is InChI=1S/C24H21N3OS3/c1-13-10-11-14-19(12-13)30-23(20(14)22-25-15-6-3-4-8-17(15)29-22)27-24-26-21-16(28-2)7-5-9-18(21)31-24/h3-9,13H,10-12H2,1-2H3,(H,26,27)/t13-/m0/s1. The van der Waals surface area contributed by atoms with Gasteiger partial charge in [0.05, 0.1) is 22.0 Å². The number of rotatable bonds is 4. The number of aromatic nitrogens is 2. The predicted molar refractivity (Wildman–Crippen MR) is 134 cm³/mol. The van der Waals surface area contributed by atoms with Gasteiger partial charge in [-0.25, -0.2) is 9.97 Å². The van der Waals surface area contributed by atoms with E-state index in [0.29, 0.717) is 0 Å². The van der Waals surface area contributed by atoms with E-state index in [2.05, 4.69) is 42.6 Å². The zero-order chi connectivity index (χ0) is 20.9. The maximum Gasteiger partial charge on any atom is 0.189 e. The first-order valence-corrected chi connectivity index (χ1v) is 12.9. The summed E-state index contributed by atoms with van der Waals surface area (Å²) in [5.41, 5.74) is 4.74. The Morgan fingerprint density at radius 1 is 1.00 bits per heavy atom. The summed E-state index contributed by atoms with van der Waals surface area (Å²) in [4.78, 5) is 11.3. The molecule has 0 aliphatic heterocycles. The van der Waals surface area contributed by atoms with Crippen LogP contribution in [0.3, 0.4) is 0 Å². The summed E-state index contributed by atoms with van der Waals surface area (Å²) in [5.74, 6) is 1.54. The van der Waals surface area contributed by atoms with E-state index < -0.39 is 0 Å². The van der Waals surface area contributed by atoms with Gasteiger partial charge in [-0.05, 0) is 55.0 Å². The van der Waals surface area contributed by atoms with E-state index >= 15 is 0 Å². The van der Waals surface area contributed by atoms with Gasteiger partial charge in [-0.2, -0.15) is 0 Å². The number of nitrogens with zero attached hydrogens (tertiary/aromatic N) is 2. The number of methoxy groups -OCH3 is 1. The fourth-order valence-corrected chi connectivity index (χ4v) is 7.76. The second kappa shape index (κ2) is 7.58. The smallest absolute Gasteiger partial charge is 0.189 e. The van der Waals surface area contributed by atoms with Crippen LogP contribution in [0.25, 0.3) is 31.0 Å². The summed E-state index contributed by atoms with van der Waals surface area (Å²) in [6, 6.07) is 14.5. The Bertz CT molecular complexity index is 1380. The van der Waals surface area contributed by atoms with Crippen LogP contribution in [0.15, 0.2) is 42.5 Å². The van der Waals surface area contributed by atoms with Crippen molar-refractivity contribution in [2.45, 2.75) is 26.2 Å². The third-order valence-electron chi connectivity index (χ3n) is 5.84. The fourth-order valence-electron chi connectivity index (χ4n) is 4.28. The number of anilines is 2. The van der Waals surface area contributed by atoms with Crippen molar-refractivity contribution in [2.75, 3.05) is 12.4 Å². The van der Waals surface area contributed by atoms with Gasteiger partial charge in [0.2, 0.25) is 0 Å². The molecule has 5 aromatic rings. The van der Waals surface area contributed by atoms with Crippen LogP contribution in [0.5, 0.6) is 5.75 Å². The van der Waals surface area contributed by atoms with Crippen molar-refractivity contribution >= 4 is 64.6 Å². The molecule has 3 heterocycles. The van der Waals surface area contributed by atoms with E-state index in [1.54, 1.807) is 29.8 Å². The van der Waals surface area contributed by atoms with Crippen LogP contribution in [-0.4, -0.2) is 17.1 Å². The first-order valence-electron chi connectivity index (χ1n) is 10.4. The number of para-hydroxylation sites is 2. The third-order valence-corrected chi connectivity index (χ3v) is 9.00. The third kappa shape index (κ3) is 3.32. The summed E-state index contributed by atoms with van der Waals surface area (Å²) in [6.07, 6.45) is 3.50. The Hall–Kier alpha value is -2.48. The van der Waals surface area contributed by atoms with E-state index in [4.69, 9.17) is 14.7 Å². The number of thiophene rings is 1. The average molecular weight is 464 g/mol. The van der Waals surface area contributed by atoms with E-state index in [1.807, 2.05) is 23.5 Å². The molecule has 0 unspecified atom stereocenters. The van der Waals surface area contributed by atoms with Crippen LogP contribution >= 0.6 is 34.0 Å². The lowest BCUT2D eigenvalue weighted by molar-refractivity contribution is 0.419. The van der Waals surface area contributed by atoms with Crippen molar-refractivity contribution in [3.8, 4) is 16.3 Å². The highest BCUT2D eigenvalue weighted by Gasteiger charge is 2.27. The molecule has 156 valence electrons. The van der Waals surface area contributed by atoms with Crippen molar-refractivity contribution in [2.24, 2.45) is 5.92 Å². The summed E-state index contributed by atoms with van der Waals surface area (Å²) < 4.78 is 7.86. The molecule has 0 bridgehead atoms. The maximum atomic E-state index is 5.51. The highest BCUT2D eigenvalue weighted by atomic mass is 32.1. The molecule has 0 spiro atoms. The molecule has 0 saturated heterocycles. The van der Waals surface area contributed by atoms with E-state index in [-0.39, 0.29) is 0 Å². The van der Waals surface area contributed by atoms with E-state index in [0.717, 1.165) is 55.4 Å². The minimum Gasteiger partial charge on any atom is -0.494 e. The maximum absolute atomic E-state index is 5.51. The molecule has 1 aliphatic carbocycles. The van der Waals surface area contributed by atoms with Crippen LogP contribution in [-0.2, 0) is 12.8 Å². The van der Waals surface area contributed by atoms with Crippen LogP contribution in [0.2, 0.25) is 0 Å². The lowest BCUT2D eigenvalue weighted by Gasteiger charge is -2.18. The first-order chi connectivity index (χ1) is 15.2. The molecule has 0 fully saturated rings. The molecule has 4 nitrogen and oxygen atoms in total. The molecular formula is C24H21N3OS3. The van der Waals surface area contributed by atoms with Crippen molar-refractivity contribution in [1.82, 2.24) is 9.97 Å². The summed E-state index contributed by atoms with van der Waals surface area (Å²) in [5, 5.41) is 6.83. The number of hydrogen-bond acceptors (Lipinski definition) is 7. The summed E-state index contributed by atoms with van der Waals surface area (Å²) >= 11 is 5.32. The van der Waals surface area contributed by atoms with Crippen LogP contribution in [0.1, 0.15) is 23.8 Å². The minimum atomic E-state index is 0.730. The summed E-state index contributed by atoms with van der Waals surface area (Å²) in [7, 11) is 1.70. The van der Waals surface area contributed by atoms with Gasteiger partial charge in [0.25, 0.3) is 0 Å². The number of thiazole rings is 2. The highest BCUT2D eigenvalue weighted by Crippen LogP contribution is 2.48. The minimum absolute atomic E-state index is 0.730. The van der Waals surface area contributed by atoms with Gasteiger partial charge in [0, 0.05) is 10.4 Å². The largest absolute Gasteiger partial charge is 0.494 e. The molecule has 0 amide bonds. The van der Waals surface area contributed by atoms with Gasteiger partial charge in [0.15, 0.2) is 5.13 Å². The van der Waals surface area contributed by atoms with Gasteiger partial charge in [-0.3, -0.25) is 0 Å². The SMILES string of the molecule is COc1cccc2sc(Nc3sc4c(c3-c3nc5ccccc5s3)CC[C@H](C)C4)nc12. The predicted octanol–water partition coefficient (Wildman–Crippen LogP) is 7.51. The van der Waals surface area contributed by atoms with Crippen LogP contribution in [0, 0.1) is 5.92 Å². The Labute approximate surface area is 192 Å². The van der Waals surface area contributed by atoms with Gasteiger partial charge in [-0.15, -0.1) is 22.7 Å². The van der Waals surface area contributed by atoms with Crippen molar-refractivity contribution in [1.29, 1.82) is 0 Å². The number of hydrogen-bond donors (Lipinski definition) is 1. The van der Waals surface area contributed by atoms with Gasteiger partial charge >= 0.3 is 0 Å². The monoisotopic (exact) mass is 463 g/mol. The molecule has 1 aliphatic rings. The number of ether oxygens (including phenoxy) is 1. The molecule has 7 heteroatoms. The Kier molecular flexibility index (Phi) is 4.70. The molecule has 6 rings (SSSR count). The average Bonchev–Trinajstić information content (AvgIpc) is 3.46. The highest BCUT2D eigenvalue weighted by molar-refractivity contribution is 7.24. The Morgan fingerprint density at radius 3 is 2.74 bits per heavy atom. The Morgan fingerprint density at radius 2 is 1.87 bits per heavy atom. The zero-order valence-electron chi connectivity index (χ0n) is 17.3. The van der Waals surface area contributed by atoms with Gasteiger partial charge in [0.1, 0.15) is 21.3 Å². The number of benzene rings is 2. The van der Waals surface area contributed by atoms with Crippen molar-refractivity contribution in [3.05, 3.63) is 52.9 Å². The normalized spacial score (nSPS) is 16.0. The molecule has 2 aromatic carbocycles. The van der Waals surface area contributed by atoms with Gasteiger partial charge < -0.3 is 10.1 Å². The quantitative estimate of drug-likeness (QED) is 0.299. The molecule has 0 saturated carbocycles. The van der Waals surface area contributed by atoms with E-state index in [9.17, 15) is 0 Å². The lowest BCUT2D eigenvalue weighted by Crippen LogP contribution is -2.09. The lowest BCUT2D eigenvalue weighted by atomic mass is 9.88. The molecule has 31 heavy (non-hydrogen) atoms. The van der Waals surface area contributed by atoms with E-state index in [1.165, 1.54) is 27.1 Å². The molecule has 1 atom stereocenters. The second-order valence-electron chi connectivity index (χ2n) is 7.99. The van der Waals surface area contributed by atoms with Crippen molar-refractivity contribution in [3.63, 3.8) is 0 Å². The summed E-state index contributed by atoms with van der Waals surface area (Å²) in [6.45, 7) is 2.35. The van der Waals surface area contributed by atoms with Crippen LogP contribution < -0.4 is 10.1 Å². The molecule has 1 N–H and O–H groups in total. The van der Waals surface area contributed by atoms with Crippen LogP contribution in [0.4, 0.5) is 10.1 Å². The molecule has 3 aromatic heterocycles. The molecule has 0 radical (unpaired) electrons. The van der Waals surface area contributed by atoms with Crippen molar-refractivity contribution < 1.29 is 4.74 Å². The first kappa shape index (κ1) is 19.2. The molecular weight excluding hydrogens is 442 g/mol. The fraction of sp³-hybridized carbons (Fsp3) is 0.250. The Balaban J connectivity index is 1.48. The topological polar surface area (TPSA) is 47.0 Å². The van der Waals surface area contributed by atoms with Gasteiger partial charge in [-0.1, -0.05) is 36.5 Å².